The number of nitrogens with zero attached hydrogens (tertiary/aromatic N) is 4. The third kappa shape index (κ3) is 2.68. The van der Waals surface area contributed by atoms with Crippen molar-refractivity contribution < 1.29 is 9.66 Å². The Morgan fingerprint density at radius 2 is 2.25 bits per heavy atom. The molecule has 0 aliphatic rings. The van der Waals surface area contributed by atoms with E-state index in [4.69, 9.17) is 4.74 Å². The van der Waals surface area contributed by atoms with Gasteiger partial charge in [0.1, 0.15) is 5.69 Å². The lowest BCUT2D eigenvalue weighted by atomic mass is 10.3. The maximum Gasteiger partial charge on any atom is 0.333 e. The largest absolute Gasteiger partial charge is 0.481 e. The third-order valence-electron chi connectivity index (χ3n) is 2.84. The molecule has 0 saturated heterocycles. The smallest absolute Gasteiger partial charge is 0.333 e. The molecule has 1 N–H and O–H groups in total. The number of pyridine rings is 1. The van der Waals surface area contributed by atoms with Crippen molar-refractivity contribution in [1.82, 2.24) is 14.8 Å². The summed E-state index contributed by atoms with van der Waals surface area (Å²) in [5.74, 6) is 0.902. The van der Waals surface area contributed by atoms with E-state index in [1.54, 1.807) is 33.3 Å². The number of nitrogens with one attached hydrogen (secondary N) is 1. The molecule has 0 fully saturated rings. The second-order valence-corrected chi connectivity index (χ2v) is 4.23. The lowest BCUT2D eigenvalue weighted by Crippen LogP contribution is -2.06. The fraction of sp³-hybridized carbons (Fsp3) is 0.333. The van der Waals surface area contributed by atoms with Crippen molar-refractivity contribution in [3.63, 3.8) is 0 Å². The van der Waals surface area contributed by atoms with Gasteiger partial charge in [-0.2, -0.15) is 5.10 Å². The number of hydrogen-bond donors (Lipinski definition) is 1. The highest BCUT2D eigenvalue weighted by atomic mass is 16.6. The summed E-state index contributed by atoms with van der Waals surface area (Å²) in [6, 6.07) is 3.58. The van der Waals surface area contributed by atoms with Crippen molar-refractivity contribution in [2.75, 3.05) is 12.4 Å². The van der Waals surface area contributed by atoms with Gasteiger partial charge in [0.15, 0.2) is 0 Å². The predicted molar refractivity (Wildman–Crippen MR) is 72.7 cm³/mol. The van der Waals surface area contributed by atoms with Gasteiger partial charge in [-0.15, -0.1) is 0 Å². The summed E-state index contributed by atoms with van der Waals surface area (Å²) in [5, 5.41) is 18.1. The fourth-order valence-electron chi connectivity index (χ4n) is 1.89. The number of anilines is 1. The first kappa shape index (κ1) is 13.8. The van der Waals surface area contributed by atoms with E-state index in [1.807, 2.05) is 6.07 Å². The van der Waals surface area contributed by atoms with Crippen molar-refractivity contribution in [3.8, 4) is 5.88 Å². The average Bonchev–Trinajstić information content (AvgIpc) is 2.71. The van der Waals surface area contributed by atoms with Crippen LogP contribution in [0.4, 0.5) is 11.5 Å². The van der Waals surface area contributed by atoms with Crippen molar-refractivity contribution in [2.24, 2.45) is 7.05 Å². The second kappa shape index (κ2) is 5.55. The third-order valence-corrected chi connectivity index (χ3v) is 2.84. The molecule has 0 unspecified atom stereocenters. The van der Waals surface area contributed by atoms with Crippen LogP contribution in [0.15, 0.2) is 18.3 Å². The maximum absolute atomic E-state index is 11.0. The first-order valence-corrected chi connectivity index (χ1v) is 5.93. The number of hydrogen-bond acceptors (Lipinski definition) is 6. The summed E-state index contributed by atoms with van der Waals surface area (Å²) >= 11 is 0. The van der Waals surface area contributed by atoms with Crippen LogP contribution in [-0.4, -0.2) is 26.8 Å². The van der Waals surface area contributed by atoms with Crippen LogP contribution >= 0.6 is 0 Å². The monoisotopic (exact) mass is 277 g/mol. The van der Waals surface area contributed by atoms with Crippen LogP contribution in [0.1, 0.15) is 11.3 Å². The summed E-state index contributed by atoms with van der Waals surface area (Å²) in [7, 11) is 3.20. The first-order chi connectivity index (χ1) is 9.52. The van der Waals surface area contributed by atoms with Crippen LogP contribution in [0.25, 0.3) is 0 Å². The maximum atomic E-state index is 11.0. The Kier molecular flexibility index (Phi) is 3.83. The van der Waals surface area contributed by atoms with Gasteiger partial charge >= 0.3 is 5.69 Å². The van der Waals surface area contributed by atoms with E-state index in [0.29, 0.717) is 23.9 Å². The molecule has 106 valence electrons. The van der Waals surface area contributed by atoms with E-state index in [9.17, 15) is 10.1 Å². The van der Waals surface area contributed by atoms with Crippen molar-refractivity contribution >= 4 is 11.5 Å². The summed E-state index contributed by atoms with van der Waals surface area (Å²) in [6.45, 7) is 2.02. The summed E-state index contributed by atoms with van der Waals surface area (Å²) in [4.78, 5) is 14.7. The second-order valence-electron chi connectivity index (χ2n) is 4.23. The van der Waals surface area contributed by atoms with Crippen molar-refractivity contribution in [2.45, 2.75) is 13.5 Å². The molecule has 8 nitrogen and oxygen atoms in total. The van der Waals surface area contributed by atoms with E-state index >= 15 is 0 Å². The molecule has 0 saturated carbocycles. The molecule has 2 aromatic heterocycles. The number of ether oxygens (including phenoxy) is 1. The van der Waals surface area contributed by atoms with Gasteiger partial charge in [-0.3, -0.25) is 10.1 Å². The van der Waals surface area contributed by atoms with Gasteiger partial charge in [0.05, 0.1) is 12.0 Å². The van der Waals surface area contributed by atoms with E-state index in [1.165, 1.54) is 4.68 Å². The molecule has 0 aliphatic carbocycles. The molecule has 0 radical (unpaired) electrons. The van der Waals surface area contributed by atoms with E-state index in [-0.39, 0.29) is 5.69 Å². The molecule has 8 heteroatoms. The van der Waals surface area contributed by atoms with Crippen LogP contribution in [0, 0.1) is 17.0 Å². The van der Waals surface area contributed by atoms with Crippen molar-refractivity contribution in [3.05, 3.63) is 39.7 Å². The van der Waals surface area contributed by atoms with E-state index in [0.717, 1.165) is 5.56 Å². The normalized spacial score (nSPS) is 10.3. The number of aromatic nitrogens is 3. The van der Waals surface area contributed by atoms with Crippen LogP contribution < -0.4 is 10.1 Å². The highest BCUT2D eigenvalue weighted by Gasteiger charge is 2.23. The molecule has 2 rings (SSSR count). The van der Waals surface area contributed by atoms with Crippen molar-refractivity contribution in [1.29, 1.82) is 0 Å². The molecule has 0 spiro atoms. The Bertz CT molecular complexity index is 621. The minimum absolute atomic E-state index is 0.00558. The molecule has 20 heavy (non-hydrogen) atoms. The van der Waals surface area contributed by atoms with Gasteiger partial charge in [-0.25, -0.2) is 9.67 Å². The summed E-state index contributed by atoms with van der Waals surface area (Å²) < 4.78 is 6.43. The number of rotatable bonds is 5. The van der Waals surface area contributed by atoms with Crippen LogP contribution in [-0.2, 0) is 13.6 Å². The van der Waals surface area contributed by atoms with Gasteiger partial charge in [0.25, 0.3) is 0 Å². The van der Waals surface area contributed by atoms with Gasteiger partial charge in [-0.05, 0) is 12.5 Å². The zero-order valence-corrected chi connectivity index (χ0v) is 11.5. The van der Waals surface area contributed by atoms with Gasteiger partial charge in [0.2, 0.25) is 11.7 Å². The molecule has 0 aliphatic heterocycles. The van der Waals surface area contributed by atoms with Gasteiger partial charge in [0, 0.05) is 25.9 Å². The number of aryl methyl sites for hydroxylation is 2. The molecule has 0 bridgehead atoms. The summed E-state index contributed by atoms with van der Waals surface area (Å²) in [6.07, 6.45) is 1.65. The van der Waals surface area contributed by atoms with Crippen LogP contribution in [0.2, 0.25) is 0 Å². The minimum Gasteiger partial charge on any atom is -0.481 e. The lowest BCUT2D eigenvalue weighted by molar-refractivity contribution is -0.384. The Balaban J connectivity index is 2.16. The zero-order valence-electron chi connectivity index (χ0n) is 11.5. The SMILES string of the molecule is COc1ccc(CNc2c([N+](=O)[O-])c(C)nn2C)cn1. The lowest BCUT2D eigenvalue weighted by Gasteiger charge is -2.06. The fourth-order valence-corrected chi connectivity index (χ4v) is 1.89. The highest BCUT2D eigenvalue weighted by molar-refractivity contribution is 5.59. The molecule has 0 atom stereocenters. The average molecular weight is 277 g/mol. The van der Waals surface area contributed by atoms with Gasteiger partial charge in [-0.1, -0.05) is 6.07 Å². The quantitative estimate of drug-likeness (QED) is 0.659. The first-order valence-electron chi connectivity index (χ1n) is 5.93. The van der Waals surface area contributed by atoms with Gasteiger partial charge < -0.3 is 10.1 Å². The van der Waals surface area contributed by atoms with E-state index in [2.05, 4.69) is 15.4 Å². The Morgan fingerprint density at radius 3 is 2.80 bits per heavy atom. The Labute approximate surface area is 115 Å². The zero-order chi connectivity index (χ0) is 14.7. The Morgan fingerprint density at radius 1 is 1.50 bits per heavy atom. The molecular weight excluding hydrogens is 262 g/mol. The standard InChI is InChI=1S/C12H15N5O3/c1-8-11(17(18)19)12(16(2)15-8)14-7-9-4-5-10(20-3)13-6-9/h4-6,14H,7H2,1-3H3. The summed E-state index contributed by atoms with van der Waals surface area (Å²) in [5.41, 5.74) is 1.26. The molecule has 2 aromatic rings. The minimum atomic E-state index is -0.434. The molecule has 0 aromatic carbocycles. The van der Waals surface area contributed by atoms with E-state index < -0.39 is 4.92 Å². The predicted octanol–water partition coefficient (Wildman–Crippen LogP) is 1.65. The number of methoxy groups -OCH3 is 1. The topological polar surface area (TPSA) is 95.1 Å². The number of nitro groups is 1. The van der Waals surface area contributed by atoms with Crippen LogP contribution in [0.5, 0.6) is 5.88 Å². The van der Waals surface area contributed by atoms with Crippen LogP contribution in [0.3, 0.4) is 0 Å². The Hall–Kier alpha value is -2.64. The molecule has 0 amide bonds. The molecular formula is C12H15N5O3. The highest BCUT2D eigenvalue weighted by Crippen LogP contribution is 2.27. The molecule has 2 heterocycles.